The van der Waals surface area contributed by atoms with Crippen LogP contribution < -0.4 is 10.1 Å². The number of H-pyrrole nitrogens is 1. The van der Waals surface area contributed by atoms with Gasteiger partial charge in [-0.25, -0.2) is 4.98 Å². The average Bonchev–Trinajstić information content (AvgIpc) is 3.13. The molecular formula is C23H23N5O3. The van der Waals surface area contributed by atoms with E-state index in [1.807, 2.05) is 43.5 Å². The van der Waals surface area contributed by atoms with Crippen molar-refractivity contribution in [1.29, 1.82) is 0 Å². The Kier molecular flexibility index (Phi) is 5.90. The van der Waals surface area contributed by atoms with Crippen molar-refractivity contribution in [3.63, 3.8) is 0 Å². The van der Waals surface area contributed by atoms with Gasteiger partial charge in [0.2, 0.25) is 5.91 Å². The molecule has 0 bridgehead atoms. The van der Waals surface area contributed by atoms with Crippen molar-refractivity contribution in [3.8, 4) is 28.3 Å². The standard InChI is InChI=1S/C23H23N5O3/c1-14-4-5-18(25-12-14)21-22(16-6-7-24-20(10-16)27-15(2)29)28-19-11-17(13-26-23(19)21)31-9-8-30-3/h4-7,10-13,28H,8-9H2,1-3H3,(H,24,27,29). The summed E-state index contributed by atoms with van der Waals surface area (Å²) in [6, 6.07) is 9.60. The Hall–Kier alpha value is -3.78. The number of ether oxygens (including phenoxy) is 2. The van der Waals surface area contributed by atoms with E-state index in [9.17, 15) is 4.79 Å². The lowest BCUT2D eigenvalue weighted by atomic mass is 10.0. The van der Waals surface area contributed by atoms with Crippen molar-refractivity contribution >= 4 is 22.8 Å². The molecule has 31 heavy (non-hydrogen) atoms. The van der Waals surface area contributed by atoms with Gasteiger partial charge in [0.05, 0.1) is 40.8 Å². The number of carbonyl (C=O) groups excluding carboxylic acids is 1. The smallest absolute Gasteiger partial charge is 0.222 e. The molecule has 2 N–H and O–H groups in total. The van der Waals surface area contributed by atoms with Gasteiger partial charge in [-0.05, 0) is 30.7 Å². The third kappa shape index (κ3) is 4.54. The Balaban J connectivity index is 1.85. The average molecular weight is 417 g/mol. The highest BCUT2D eigenvalue weighted by Crippen LogP contribution is 2.37. The molecule has 8 nitrogen and oxygen atoms in total. The zero-order valence-electron chi connectivity index (χ0n) is 17.6. The van der Waals surface area contributed by atoms with Crippen LogP contribution in [0.4, 0.5) is 5.82 Å². The molecular weight excluding hydrogens is 394 g/mol. The number of fused-ring (bicyclic) bond motifs is 1. The molecule has 0 aliphatic rings. The number of hydrogen-bond donors (Lipinski definition) is 2. The summed E-state index contributed by atoms with van der Waals surface area (Å²) in [5, 5.41) is 2.73. The van der Waals surface area contributed by atoms with E-state index in [0.29, 0.717) is 24.8 Å². The summed E-state index contributed by atoms with van der Waals surface area (Å²) in [5.74, 6) is 0.943. The molecule has 4 aromatic rings. The molecule has 8 heteroatoms. The summed E-state index contributed by atoms with van der Waals surface area (Å²) < 4.78 is 10.8. The number of methoxy groups -OCH3 is 1. The van der Waals surface area contributed by atoms with Crippen LogP contribution in [0.1, 0.15) is 12.5 Å². The molecule has 0 aliphatic heterocycles. The summed E-state index contributed by atoms with van der Waals surface area (Å²) in [4.78, 5) is 28.4. The molecule has 4 heterocycles. The number of nitrogens with zero attached hydrogens (tertiary/aromatic N) is 3. The lowest BCUT2D eigenvalue weighted by Gasteiger charge is -2.07. The Morgan fingerprint density at radius 2 is 1.97 bits per heavy atom. The van der Waals surface area contributed by atoms with Gasteiger partial charge < -0.3 is 19.8 Å². The summed E-state index contributed by atoms with van der Waals surface area (Å²) in [5.41, 5.74) is 6.04. The lowest BCUT2D eigenvalue weighted by Crippen LogP contribution is -2.07. The first-order valence-electron chi connectivity index (χ1n) is 9.85. The molecule has 0 atom stereocenters. The van der Waals surface area contributed by atoms with Gasteiger partial charge >= 0.3 is 0 Å². The Labute approximate surface area is 179 Å². The topological polar surface area (TPSA) is 102 Å². The van der Waals surface area contributed by atoms with Crippen LogP contribution in [0.25, 0.3) is 33.5 Å². The number of hydrogen-bond acceptors (Lipinski definition) is 6. The van der Waals surface area contributed by atoms with Crippen LogP contribution in [0, 0.1) is 6.92 Å². The number of aromatic amines is 1. The Morgan fingerprint density at radius 3 is 2.71 bits per heavy atom. The van der Waals surface area contributed by atoms with E-state index < -0.39 is 0 Å². The lowest BCUT2D eigenvalue weighted by molar-refractivity contribution is -0.114. The number of rotatable bonds is 7. The van der Waals surface area contributed by atoms with Gasteiger partial charge in [0.1, 0.15) is 18.2 Å². The number of aromatic nitrogens is 4. The fraction of sp³-hybridized carbons (Fsp3) is 0.217. The number of amides is 1. The molecule has 4 aromatic heterocycles. The highest BCUT2D eigenvalue weighted by atomic mass is 16.5. The van der Waals surface area contributed by atoms with Crippen molar-refractivity contribution < 1.29 is 14.3 Å². The molecule has 0 radical (unpaired) electrons. The van der Waals surface area contributed by atoms with Gasteiger partial charge in [0.15, 0.2) is 0 Å². The summed E-state index contributed by atoms with van der Waals surface area (Å²) >= 11 is 0. The van der Waals surface area contributed by atoms with Crippen LogP contribution in [-0.2, 0) is 9.53 Å². The normalized spacial score (nSPS) is 10.9. The van der Waals surface area contributed by atoms with Crippen molar-refractivity contribution in [3.05, 3.63) is 54.5 Å². The van der Waals surface area contributed by atoms with Crippen molar-refractivity contribution in [2.24, 2.45) is 0 Å². The summed E-state index contributed by atoms with van der Waals surface area (Å²) in [6.07, 6.45) is 5.18. The van der Waals surface area contributed by atoms with Crippen LogP contribution in [0.3, 0.4) is 0 Å². The number of carbonyl (C=O) groups is 1. The second-order valence-corrected chi connectivity index (χ2v) is 7.12. The van der Waals surface area contributed by atoms with E-state index in [2.05, 4.69) is 25.3 Å². The predicted octanol–water partition coefficient (Wildman–Crippen LogP) is 3.98. The molecule has 158 valence electrons. The third-order valence-electron chi connectivity index (χ3n) is 4.69. The van der Waals surface area contributed by atoms with E-state index in [0.717, 1.165) is 39.1 Å². The quantitative estimate of drug-likeness (QED) is 0.441. The van der Waals surface area contributed by atoms with Crippen molar-refractivity contribution in [1.82, 2.24) is 19.9 Å². The predicted molar refractivity (Wildman–Crippen MR) is 119 cm³/mol. The molecule has 0 spiro atoms. The molecule has 0 unspecified atom stereocenters. The van der Waals surface area contributed by atoms with Crippen LogP contribution in [0.5, 0.6) is 5.75 Å². The molecule has 0 saturated heterocycles. The van der Waals surface area contributed by atoms with E-state index >= 15 is 0 Å². The van der Waals surface area contributed by atoms with Gasteiger partial charge in [-0.1, -0.05) is 6.07 Å². The number of nitrogens with one attached hydrogen (secondary N) is 2. The van der Waals surface area contributed by atoms with Gasteiger partial charge in [0.25, 0.3) is 0 Å². The SMILES string of the molecule is COCCOc1cnc2c(-c3ccc(C)cn3)c(-c3ccnc(NC(C)=O)c3)[nH]c2c1. The van der Waals surface area contributed by atoms with Crippen molar-refractivity contribution in [2.45, 2.75) is 13.8 Å². The van der Waals surface area contributed by atoms with Gasteiger partial charge in [-0.15, -0.1) is 0 Å². The van der Waals surface area contributed by atoms with E-state index in [-0.39, 0.29) is 5.91 Å². The monoisotopic (exact) mass is 417 g/mol. The zero-order valence-corrected chi connectivity index (χ0v) is 17.6. The summed E-state index contributed by atoms with van der Waals surface area (Å²) in [6.45, 7) is 4.38. The molecule has 0 fully saturated rings. The van der Waals surface area contributed by atoms with Crippen LogP contribution in [0.15, 0.2) is 48.9 Å². The molecule has 1 amide bonds. The van der Waals surface area contributed by atoms with Crippen LogP contribution in [0.2, 0.25) is 0 Å². The second-order valence-electron chi connectivity index (χ2n) is 7.12. The fourth-order valence-corrected chi connectivity index (χ4v) is 3.29. The number of pyridine rings is 3. The Morgan fingerprint density at radius 1 is 1.10 bits per heavy atom. The van der Waals surface area contributed by atoms with Gasteiger partial charge in [-0.3, -0.25) is 14.8 Å². The van der Waals surface area contributed by atoms with Crippen LogP contribution >= 0.6 is 0 Å². The highest BCUT2D eigenvalue weighted by Gasteiger charge is 2.18. The second kappa shape index (κ2) is 8.93. The third-order valence-corrected chi connectivity index (χ3v) is 4.69. The van der Waals surface area contributed by atoms with Gasteiger partial charge in [-0.2, -0.15) is 0 Å². The van der Waals surface area contributed by atoms with E-state index in [1.54, 1.807) is 19.5 Å². The minimum Gasteiger partial charge on any atom is -0.489 e. The van der Waals surface area contributed by atoms with Crippen LogP contribution in [-0.4, -0.2) is 46.2 Å². The maximum Gasteiger partial charge on any atom is 0.222 e. The zero-order chi connectivity index (χ0) is 21.8. The molecule has 0 aromatic carbocycles. The van der Waals surface area contributed by atoms with E-state index in [1.165, 1.54) is 6.92 Å². The largest absolute Gasteiger partial charge is 0.489 e. The minimum atomic E-state index is -0.179. The maximum absolute atomic E-state index is 11.5. The number of anilines is 1. The van der Waals surface area contributed by atoms with Gasteiger partial charge in [0, 0.05) is 38.1 Å². The molecule has 0 aliphatic carbocycles. The first-order chi connectivity index (χ1) is 15.0. The Bertz CT molecular complexity index is 1220. The first kappa shape index (κ1) is 20.5. The maximum atomic E-state index is 11.5. The molecule has 4 rings (SSSR count). The van der Waals surface area contributed by atoms with E-state index in [4.69, 9.17) is 9.47 Å². The first-order valence-corrected chi connectivity index (χ1v) is 9.85. The highest BCUT2D eigenvalue weighted by molar-refractivity contribution is 6.01. The van der Waals surface area contributed by atoms with Crippen molar-refractivity contribution in [2.75, 3.05) is 25.6 Å². The summed E-state index contributed by atoms with van der Waals surface area (Å²) in [7, 11) is 1.63. The molecule has 0 saturated carbocycles. The minimum absolute atomic E-state index is 0.179. The fourth-order valence-electron chi connectivity index (χ4n) is 3.29. The number of aryl methyl sites for hydroxylation is 1.